The highest BCUT2D eigenvalue weighted by Gasteiger charge is 2.32. The fraction of sp³-hybridized carbons (Fsp3) is 0. The van der Waals surface area contributed by atoms with Gasteiger partial charge in [0.15, 0.2) is 5.78 Å². The molecule has 1 aromatic heterocycles. The van der Waals surface area contributed by atoms with Gasteiger partial charge in [0, 0.05) is 16.5 Å². The third-order valence-electron chi connectivity index (χ3n) is 3.84. The zero-order valence-electron chi connectivity index (χ0n) is 11.5. The highest BCUT2D eigenvalue weighted by molar-refractivity contribution is 6.39. The number of para-hydroxylation sites is 1. The van der Waals surface area contributed by atoms with E-state index < -0.39 is 0 Å². The first-order valence-corrected chi connectivity index (χ1v) is 6.87. The number of carbonyl (C=O) groups is 1. The summed E-state index contributed by atoms with van der Waals surface area (Å²) in [5.41, 5.74) is 2.79. The third kappa shape index (κ3) is 1.71. The second-order valence-corrected chi connectivity index (χ2v) is 5.08. The number of allylic oxidation sites excluding steroid dienone is 1. The standard InChI is InChI=1S/C18H10N2O2/c21-18-13-7-3-2-6-12(13)17(20-22)16(18)15-10-9-11-5-1-4-8-14(11)19-15/h1-10H. The third-order valence-corrected chi connectivity index (χ3v) is 3.84. The van der Waals surface area contributed by atoms with Gasteiger partial charge in [-0.05, 0) is 17.3 Å². The molecule has 4 rings (SSSR count). The van der Waals surface area contributed by atoms with Gasteiger partial charge in [-0.2, -0.15) is 0 Å². The van der Waals surface area contributed by atoms with Crippen LogP contribution in [0.1, 0.15) is 21.6 Å². The van der Waals surface area contributed by atoms with Gasteiger partial charge in [0.2, 0.25) is 0 Å². The smallest absolute Gasteiger partial charge is 0.198 e. The number of fused-ring (bicyclic) bond motifs is 2. The Hall–Kier alpha value is -3.14. The number of ketones is 1. The Morgan fingerprint density at radius 1 is 0.818 bits per heavy atom. The molecule has 0 N–H and O–H groups in total. The Bertz CT molecular complexity index is 973. The van der Waals surface area contributed by atoms with Gasteiger partial charge in [-0.1, -0.05) is 48.5 Å². The number of nitrogens with zero attached hydrogens (tertiary/aromatic N) is 2. The van der Waals surface area contributed by atoms with E-state index in [4.69, 9.17) is 0 Å². The summed E-state index contributed by atoms with van der Waals surface area (Å²) in [6, 6.07) is 18.3. The van der Waals surface area contributed by atoms with Crippen molar-refractivity contribution in [2.45, 2.75) is 0 Å². The van der Waals surface area contributed by atoms with Crippen molar-refractivity contribution in [1.29, 1.82) is 0 Å². The minimum absolute atomic E-state index is 0.170. The summed E-state index contributed by atoms with van der Waals surface area (Å²) >= 11 is 0. The summed E-state index contributed by atoms with van der Waals surface area (Å²) in [7, 11) is 0. The minimum Gasteiger partial charge on any atom is -0.288 e. The van der Waals surface area contributed by atoms with Crippen molar-refractivity contribution in [1.82, 2.24) is 4.98 Å². The first-order chi connectivity index (χ1) is 10.8. The van der Waals surface area contributed by atoms with Gasteiger partial charge in [0.25, 0.3) is 0 Å². The molecule has 1 aliphatic carbocycles. The van der Waals surface area contributed by atoms with E-state index in [0.29, 0.717) is 16.8 Å². The molecule has 4 nitrogen and oxygen atoms in total. The maximum atomic E-state index is 12.6. The second-order valence-electron chi connectivity index (χ2n) is 5.08. The Morgan fingerprint density at radius 3 is 2.36 bits per heavy atom. The molecule has 1 heterocycles. The largest absolute Gasteiger partial charge is 0.288 e. The van der Waals surface area contributed by atoms with E-state index >= 15 is 0 Å². The zero-order chi connectivity index (χ0) is 15.1. The van der Waals surface area contributed by atoms with Crippen LogP contribution in [0.2, 0.25) is 0 Å². The Balaban J connectivity index is 1.97. The SMILES string of the molecule is O=NC1=C(c2ccc3ccccc3n2)C(=O)c2ccccc21. The Labute approximate surface area is 126 Å². The molecule has 0 bridgehead atoms. The van der Waals surface area contributed by atoms with Crippen LogP contribution in [0.3, 0.4) is 0 Å². The van der Waals surface area contributed by atoms with Gasteiger partial charge in [0.1, 0.15) is 5.70 Å². The second kappa shape index (κ2) is 4.70. The molecule has 0 saturated carbocycles. The van der Waals surface area contributed by atoms with Crippen LogP contribution >= 0.6 is 0 Å². The van der Waals surface area contributed by atoms with Gasteiger partial charge < -0.3 is 0 Å². The molecule has 2 aromatic carbocycles. The Morgan fingerprint density at radius 2 is 1.55 bits per heavy atom. The van der Waals surface area contributed by atoms with Crippen molar-refractivity contribution in [2.24, 2.45) is 5.18 Å². The van der Waals surface area contributed by atoms with E-state index in [9.17, 15) is 9.70 Å². The predicted molar refractivity (Wildman–Crippen MR) is 85.1 cm³/mol. The van der Waals surface area contributed by atoms with E-state index in [0.717, 1.165) is 10.9 Å². The molecule has 1 aliphatic rings. The summed E-state index contributed by atoms with van der Waals surface area (Å²) in [6.07, 6.45) is 0. The maximum Gasteiger partial charge on any atom is 0.198 e. The van der Waals surface area contributed by atoms with E-state index in [-0.39, 0.29) is 17.1 Å². The predicted octanol–water partition coefficient (Wildman–Crippen LogP) is 4.07. The Kier molecular flexibility index (Phi) is 2.69. The monoisotopic (exact) mass is 286 g/mol. The van der Waals surface area contributed by atoms with E-state index in [1.54, 1.807) is 30.3 Å². The highest BCUT2D eigenvalue weighted by atomic mass is 16.3. The fourth-order valence-corrected chi connectivity index (χ4v) is 2.80. The average Bonchev–Trinajstić information content (AvgIpc) is 2.87. The van der Waals surface area contributed by atoms with Crippen LogP contribution in [-0.2, 0) is 0 Å². The molecule has 0 amide bonds. The normalized spacial score (nSPS) is 13.5. The number of hydrogen-bond acceptors (Lipinski definition) is 4. The lowest BCUT2D eigenvalue weighted by Crippen LogP contribution is -2.00. The summed E-state index contributed by atoms with van der Waals surface area (Å²) in [5.74, 6) is -0.201. The molecular weight excluding hydrogens is 276 g/mol. The number of hydrogen-bond donors (Lipinski definition) is 0. The van der Waals surface area contributed by atoms with Crippen molar-refractivity contribution in [3.8, 4) is 0 Å². The number of aromatic nitrogens is 1. The molecule has 0 fully saturated rings. The summed E-state index contributed by atoms with van der Waals surface area (Å²) in [5, 5.41) is 4.07. The van der Waals surface area contributed by atoms with E-state index in [1.807, 2.05) is 30.3 Å². The number of pyridine rings is 1. The topological polar surface area (TPSA) is 59.4 Å². The molecule has 0 spiro atoms. The highest BCUT2D eigenvalue weighted by Crippen LogP contribution is 2.38. The van der Waals surface area contributed by atoms with E-state index in [1.165, 1.54) is 0 Å². The van der Waals surface area contributed by atoms with Crippen LogP contribution < -0.4 is 0 Å². The van der Waals surface area contributed by atoms with Crippen LogP contribution in [0.5, 0.6) is 0 Å². The van der Waals surface area contributed by atoms with Crippen molar-refractivity contribution >= 4 is 28.0 Å². The van der Waals surface area contributed by atoms with Crippen LogP contribution in [0.25, 0.3) is 22.2 Å². The summed E-state index contributed by atoms with van der Waals surface area (Å²) < 4.78 is 0. The molecule has 104 valence electrons. The zero-order valence-corrected chi connectivity index (χ0v) is 11.5. The van der Waals surface area contributed by atoms with Gasteiger partial charge in [-0.15, -0.1) is 4.91 Å². The molecule has 22 heavy (non-hydrogen) atoms. The van der Waals surface area contributed by atoms with Gasteiger partial charge in [0.05, 0.1) is 16.8 Å². The summed E-state index contributed by atoms with van der Waals surface area (Å²) in [4.78, 5) is 28.4. The number of carbonyl (C=O) groups excluding carboxylic acids is 1. The molecule has 4 heteroatoms. The summed E-state index contributed by atoms with van der Waals surface area (Å²) in [6.45, 7) is 0. The lowest BCUT2D eigenvalue weighted by atomic mass is 10.1. The van der Waals surface area contributed by atoms with Crippen molar-refractivity contribution in [2.75, 3.05) is 0 Å². The molecular formula is C18H10N2O2. The number of Topliss-reactive ketones (excluding diaryl/α,β-unsaturated/α-hetero) is 1. The molecule has 0 unspecified atom stereocenters. The van der Waals surface area contributed by atoms with E-state index in [2.05, 4.69) is 10.2 Å². The molecule has 0 saturated heterocycles. The van der Waals surface area contributed by atoms with Crippen molar-refractivity contribution in [3.63, 3.8) is 0 Å². The lowest BCUT2D eigenvalue weighted by molar-refractivity contribution is 0.105. The van der Waals surface area contributed by atoms with Gasteiger partial charge >= 0.3 is 0 Å². The fourth-order valence-electron chi connectivity index (χ4n) is 2.80. The van der Waals surface area contributed by atoms with Gasteiger partial charge in [-0.25, -0.2) is 4.98 Å². The molecule has 3 aromatic rings. The molecule has 0 aliphatic heterocycles. The quantitative estimate of drug-likeness (QED) is 0.667. The van der Waals surface area contributed by atoms with Crippen molar-refractivity contribution in [3.05, 3.63) is 82.4 Å². The van der Waals surface area contributed by atoms with Crippen LogP contribution in [0.4, 0.5) is 0 Å². The van der Waals surface area contributed by atoms with Crippen LogP contribution in [0, 0.1) is 4.91 Å². The number of benzene rings is 2. The first kappa shape index (κ1) is 12.6. The van der Waals surface area contributed by atoms with Gasteiger partial charge in [-0.3, -0.25) is 4.79 Å². The molecule has 0 atom stereocenters. The van der Waals surface area contributed by atoms with Crippen molar-refractivity contribution < 1.29 is 4.79 Å². The first-order valence-electron chi connectivity index (χ1n) is 6.87. The van der Waals surface area contributed by atoms with Crippen LogP contribution in [0.15, 0.2) is 65.8 Å². The maximum absolute atomic E-state index is 12.6. The number of nitroso groups, excluding NO2 is 1. The molecule has 0 radical (unpaired) electrons. The minimum atomic E-state index is -0.201. The van der Waals surface area contributed by atoms with Crippen LogP contribution in [-0.4, -0.2) is 10.8 Å². The number of rotatable bonds is 2. The lowest BCUT2D eigenvalue weighted by Gasteiger charge is -2.03. The average molecular weight is 286 g/mol.